The zero-order valence-electron chi connectivity index (χ0n) is 14.7. The van der Waals surface area contributed by atoms with Gasteiger partial charge in [-0.05, 0) is 42.0 Å². The molecule has 0 aliphatic heterocycles. The highest BCUT2D eigenvalue weighted by molar-refractivity contribution is 9.10. The van der Waals surface area contributed by atoms with Crippen LogP contribution in [0.15, 0.2) is 69.9 Å². The third kappa shape index (κ3) is 5.47. The molecule has 1 aromatic heterocycles. The molecule has 0 saturated heterocycles. The van der Waals surface area contributed by atoms with E-state index >= 15 is 0 Å². The fourth-order valence-corrected chi connectivity index (χ4v) is 2.81. The molecule has 1 heterocycles. The average molecular weight is 467 g/mol. The molecule has 3 rings (SSSR count). The summed E-state index contributed by atoms with van der Waals surface area (Å²) in [6, 6.07) is 11.4. The number of carbonyl (C=O) groups is 2. The van der Waals surface area contributed by atoms with Gasteiger partial charge in [0.05, 0.1) is 29.5 Å². The molecule has 5 nitrogen and oxygen atoms in total. The van der Waals surface area contributed by atoms with Crippen molar-refractivity contribution in [2.24, 2.45) is 0 Å². The second kappa shape index (κ2) is 8.52. The standard InChI is InChI=1S/C20H14BrF3N2O3/c21-14-3-1-12(2-4-14)9-18(27)26-17-6-5-15(10-16(17)20(22,23)24)25-19(28)13-7-8-29-11-13/h1-8,10-11H,9H2,(H,25,28)(H,26,27). The second-order valence-corrected chi connectivity index (χ2v) is 6.99. The van der Waals surface area contributed by atoms with Gasteiger partial charge in [-0.3, -0.25) is 9.59 Å². The Balaban J connectivity index is 1.78. The molecule has 0 atom stereocenters. The van der Waals surface area contributed by atoms with Crippen LogP contribution in [0, 0.1) is 0 Å². The predicted octanol–water partition coefficient (Wildman–Crippen LogP) is 5.49. The minimum absolute atomic E-state index is 0.0607. The lowest BCUT2D eigenvalue weighted by Crippen LogP contribution is -2.19. The van der Waals surface area contributed by atoms with Gasteiger partial charge in [0, 0.05) is 10.2 Å². The van der Waals surface area contributed by atoms with Gasteiger partial charge in [0.2, 0.25) is 5.91 Å². The molecule has 2 aromatic carbocycles. The number of halogens is 4. The summed E-state index contributed by atoms with van der Waals surface area (Å²) in [7, 11) is 0. The largest absolute Gasteiger partial charge is 0.472 e. The Morgan fingerprint density at radius 2 is 1.72 bits per heavy atom. The fraction of sp³-hybridized carbons (Fsp3) is 0.100. The minimum atomic E-state index is -4.73. The molecule has 0 spiro atoms. The average Bonchev–Trinajstić information content (AvgIpc) is 3.19. The van der Waals surface area contributed by atoms with Gasteiger partial charge in [-0.1, -0.05) is 28.1 Å². The van der Waals surface area contributed by atoms with E-state index in [0.29, 0.717) is 5.56 Å². The number of carbonyl (C=O) groups excluding carboxylic acids is 2. The van der Waals surface area contributed by atoms with E-state index in [1.165, 1.54) is 24.7 Å². The Labute approximate surface area is 172 Å². The minimum Gasteiger partial charge on any atom is -0.472 e. The molecule has 0 fully saturated rings. The summed E-state index contributed by atoms with van der Waals surface area (Å²) in [5.74, 6) is -1.20. The molecule has 2 N–H and O–H groups in total. The maximum Gasteiger partial charge on any atom is 0.418 e. The topological polar surface area (TPSA) is 71.3 Å². The van der Waals surface area contributed by atoms with E-state index in [-0.39, 0.29) is 23.4 Å². The van der Waals surface area contributed by atoms with Crippen molar-refractivity contribution >= 4 is 39.1 Å². The van der Waals surface area contributed by atoms with Crippen molar-refractivity contribution < 1.29 is 27.2 Å². The Kier molecular flexibility index (Phi) is 6.07. The molecule has 0 radical (unpaired) electrons. The number of anilines is 2. The van der Waals surface area contributed by atoms with Gasteiger partial charge in [-0.25, -0.2) is 0 Å². The van der Waals surface area contributed by atoms with Gasteiger partial charge >= 0.3 is 6.18 Å². The maximum atomic E-state index is 13.5. The summed E-state index contributed by atoms with van der Waals surface area (Å²) in [6.45, 7) is 0. The van der Waals surface area contributed by atoms with E-state index in [1.807, 2.05) is 0 Å². The zero-order chi connectivity index (χ0) is 21.0. The highest BCUT2D eigenvalue weighted by atomic mass is 79.9. The summed E-state index contributed by atoms with van der Waals surface area (Å²) in [6.07, 6.45) is -2.35. The van der Waals surface area contributed by atoms with Gasteiger partial charge in [0.25, 0.3) is 5.91 Å². The van der Waals surface area contributed by atoms with Crippen LogP contribution in [0.3, 0.4) is 0 Å². The van der Waals surface area contributed by atoms with Crippen LogP contribution in [0.5, 0.6) is 0 Å². The van der Waals surface area contributed by atoms with Crippen molar-refractivity contribution in [1.29, 1.82) is 0 Å². The lowest BCUT2D eigenvalue weighted by atomic mass is 10.1. The third-order valence-corrected chi connectivity index (χ3v) is 4.45. The first-order valence-electron chi connectivity index (χ1n) is 8.31. The molecule has 150 valence electrons. The van der Waals surface area contributed by atoms with Crippen molar-refractivity contribution in [1.82, 2.24) is 0 Å². The van der Waals surface area contributed by atoms with Crippen LogP contribution in [0.25, 0.3) is 0 Å². The van der Waals surface area contributed by atoms with Crippen molar-refractivity contribution in [2.45, 2.75) is 12.6 Å². The number of hydrogen-bond acceptors (Lipinski definition) is 3. The predicted molar refractivity (Wildman–Crippen MR) is 105 cm³/mol. The summed E-state index contributed by atoms with van der Waals surface area (Å²) in [5, 5.41) is 4.66. The number of amides is 2. The third-order valence-electron chi connectivity index (χ3n) is 3.92. The smallest absolute Gasteiger partial charge is 0.418 e. The zero-order valence-corrected chi connectivity index (χ0v) is 16.3. The van der Waals surface area contributed by atoms with E-state index < -0.39 is 23.6 Å². The van der Waals surface area contributed by atoms with E-state index in [0.717, 1.165) is 16.6 Å². The first-order valence-corrected chi connectivity index (χ1v) is 9.11. The Bertz CT molecular complexity index is 1020. The number of rotatable bonds is 5. The van der Waals surface area contributed by atoms with Crippen LogP contribution in [0.2, 0.25) is 0 Å². The van der Waals surface area contributed by atoms with Crippen molar-refractivity contribution in [3.05, 3.63) is 82.2 Å². The highest BCUT2D eigenvalue weighted by Gasteiger charge is 2.34. The lowest BCUT2D eigenvalue weighted by molar-refractivity contribution is -0.136. The fourth-order valence-electron chi connectivity index (χ4n) is 2.54. The summed E-state index contributed by atoms with van der Waals surface area (Å²) >= 11 is 3.27. The van der Waals surface area contributed by atoms with Crippen LogP contribution in [-0.4, -0.2) is 11.8 Å². The molecule has 2 amide bonds. The Hall–Kier alpha value is -3.07. The number of nitrogens with one attached hydrogen (secondary N) is 2. The molecule has 0 aliphatic rings. The number of furan rings is 1. The molecule has 29 heavy (non-hydrogen) atoms. The van der Waals surface area contributed by atoms with Crippen LogP contribution in [-0.2, 0) is 17.4 Å². The number of hydrogen-bond donors (Lipinski definition) is 2. The van der Waals surface area contributed by atoms with Crippen LogP contribution in [0.1, 0.15) is 21.5 Å². The normalized spacial score (nSPS) is 11.2. The van der Waals surface area contributed by atoms with Gasteiger partial charge in [0.15, 0.2) is 0 Å². The molecular formula is C20H14BrF3N2O3. The molecule has 3 aromatic rings. The quantitative estimate of drug-likeness (QED) is 0.521. The monoisotopic (exact) mass is 466 g/mol. The first-order chi connectivity index (χ1) is 13.7. The Morgan fingerprint density at radius 3 is 2.34 bits per heavy atom. The number of alkyl halides is 3. The SMILES string of the molecule is O=C(Cc1ccc(Br)cc1)Nc1ccc(NC(=O)c2ccoc2)cc1C(F)(F)F. The van der Waals surface area contributed by atoms with E-state index in [1.54, 1.807) is 24.3 Å². The summed E-state index contributed by atoms with van der Waals surface area (Å²) in [5.41, 5.74) is -0.685. The molecule has 0 aliphatic carbocycles. The second-order valence-electron chi connectivity index (χ2n) is 6.08. The van der Waals surface area contributed by atoms with Gasteiger partial charge < -0.3 is 15.1 Å². The molecule has 0 saturated carbocycles. The van der Waals surface area contributed by atoms with Crippen LogP contribution < -0.4 is 10.6 Å². The molecule has 0 bridgehead atoms. The first kappa shape index (κ1) is 20.7. The number of benzene rings is 2. The van der Waals surface area contributed by atoms with Gasteiger partial charge in [0.1, 0.15) is 6.26 Å². The van der Waals surface area contributed by atoms with Gasteiger partial charge in [-0.2, -0.15) is 13.2 Å². The highest BCUT2D eigenvalue weighted by Crippen LogP contribution is 2.36. The van der Waals surface area contributed by atoms with E-state index in [9.17, 15) is 22.8 Å². The lowest BCUT2D eigenvalue weighted by Gasteiger charge is -2.16. The molecule has 0 unspecified atom stereocenters. The summed E-state index contributed by atoms with van der Waals surface area (Å²) < 4.78 is 46.0. The summed E-state index contributed by atoms with van der Waals surface area (Å²) in [4.78, 5) is 24.2. The van der Waals surface area contributed by atoms with Gasteiger partial charge in [-0.15, -0.1) is 0 Å². The van der Waals surface area contributed by atoms with Crippen molar-refractivity contribution in [2.75, 3.05) is 10.6 Å². The molecule has 9 heteroatoms. The van der Waals surface area contributed by atoms with Crippen LogP contribution >= 0.6 is 15.9 Å². The van der Waals surface area contributed by atoms with Crippen molar-refractivity contribution in [3.8, 4) is 0 Å². The Morgan fingerprint density at radius 1 is 1.00 bits per heavy atom. The van der Waals surface area contributed by atoms with Crippen molar-refractivity contribution in [3.63, 3.8) is 0 Å². The van der Waals surface area contributed by atoms with E-state index in [2.05, 4.69) is 26.6 Å². The van der Waals surface area contributed by atoms with E-state index in [4.69, 9.17) is 4.42 Å². The molecular weight excluding hydrogens is 453 g/mol. The van der Waals surface area contributed by atoms with Crippen LogP contribution in [0.4, 0.5) is 24.5 Å². The maximum absolute atomic E-state index is 13.5.